The summed E-state index contributed by atoms with van der Waals surface area (Å²) in [7, 11) is -7.30. The molecule has 9 heteroatoms. The van der Waals surface area contributed by atoms with Crippen LogP contribution in [0.5, 0.6) is 5.75 Å². The Bertz CT molecular complexity index is 1130. The van der Waals surface area contributed by atoms with Crippen molar-refractivity contribution in [3.63, 3.8) is 0 Å². The number of halogens is 1. The summed E-state index contributed by atoms with van der Waals surface area (Å²) in [6.45, 7) is -0.483. The Balaban J connectivity index is 2.08. The van der Waals surface area contributed by atoms with E-state index in [1.54, 1.807) is 36.4 Å². The lowest BCUT2D eigenvalue weighted by Gasteiger charge is -2.24. The highest BCUT2D eigenvalue weighted by Gasteiger charge is 2.38. The van der Waals surface area contributed by atoms with Gasteiger partial charge in [0.25, 0.3) is 20.0 Å². The van der Waals surface area contributed by atoms with Crippen molar-refractivity contribution < 1.29 is 21.6 Å². The van der Waals surface area contributed by atoms with Crippen molar-refractivity contribution >= 4 is 31.6 Å². The standard InChI is InChI=1S/C21H20ClNO5S2/c1-28-18-10-8-9-17(15-18)21(22)16-23(29(24,25)19-11-4-2-5-12-19)30(26,27)20-13-6-3-7-14-20/h2-15,21H,16H2,1H3. The normalized spacial score (nSPS) is 13.2. The van der Waals surface area contributed by atoms with Gasteiger partial charge in [-0.3, -0.25) is 0 Å². The van der Waals surface area contributed by atoms with E-state index in [-0.39, 0.29) is 9.79 Å². The fraction of sp³-hybridized carbons (Fsp3) is 0.143. The number of nitrogens with zero attached hydrogens (tertiary/aromatic N) is 1. The third-order valence-corrected chi connectivity index (χ3v) is 9.06. The first kappa shape index (κ1) is 22.3. The quantitative estimate of drug-likeness (QED) is 0.469. The van der Waals surface area contributed by atoms with Gasteiger partial charge in [0.15, 0.2) is 0 Å². The van der Waals surface area contributed by atoms with E-state index < -0.39 is 32.0 Å². The topological polar surface area (TPSA) is 80.8 Å². The Morgan fingerprint density at radius 3 is 1.77 bits per heavy atom. The lowest BCUT2D eigenvalue weighted by molar-refractivity contribution is 0.414. The van der Waals surface area contributed by atoms with Crippen molar-refractivity contribution in [3.8, 4) is 5.75 Å². The molecule has 0 radical (unpaired) electrons. The van der Waals surface area contributed by atoms with Crippen molar-refractivity contribution in [1.82, 2.24) is 3.71 Å². The zero-order valence-electron chi connectivity index (χ0n) is 16.1. The number of benzene rings is 3. The monoisotopic (exact) mass is 465 g/mol. The summed E-state index contributed by atoms with van der Waals surface area (Å²) in [6, 6.07) is 21.5. The van der Waals surface area contributed by atoms with Crippen LogP contribution < -0.4 is 4.74 Å². The molecule has 0 heterocycles. The van der Waals surface area contributed by atoms with Crippen molar-refractivity contribution in [3.05, 3.63) is 90.5 Å². The summed E-state index contributed by atoms with van der Waals surface area (Å²) in [5, 5.41) is -0.933. The predicted molar refractivity (Wildman–Crippen MR) is 116 cm³/mol. The van der Waals surface area contributed by atoms with Gasteiger partial charge in [0, 0.05) is 0 Å². The van der Waals surface area contributed by atoms with Gasteiger partial charge < -0.3 is 4.74 Å². The minimum atomic E-state index is -4.40. The zero-order chi connectivity index (χ0) is 21.8. The molecule has 0 aromatic heterocycles. The number of alkyl halides is 1. The molecule has 0 bridgehead atoms. The Morgan fingerprint density at radius 2 is 1.30 bits per heavy atom. The maximum atomic E-state index is 13.3. The maximum Gasteiger partial charge on any atom is 0.256 e. The van der Waals surface area contributed by atoms with Crippen LogP contribution >= 0.6 is 11.6 Å². The molecule has 0 saturated heterocycles. The molecule has 0 aliphatic heterocycles. The van der Waals surface area contributed by atoms with Crippen LogP contribution in [-0.4, -0.2) is 34.2 Å². The Kier molecular flexibility index (Phi) is 6.82. The molecular weight excluding hydrogens is 446 g/mol. The van der Waals surface area contributed by atoms with Gasteiger partial charge in [-0.05, 0) is 42.0 Å². The molecule has 0 aliphatic rings. The Morgan fingerprint density at radius 1 is 0.800 bits per heavy atom. The van der Waals surface area contributed by atoms with E-state index in [0.29, 0.717) is 15.0 Å². The van der Waals surface area contributed by atoms with Crippen LogP contribution in [-0.2, 0) is 20.0 Å². The summed E-state index contributed by atoms with van der Waals surface area (Å²) in [6.07, 6.45) is 0. The molecule has 0 aliphatic carbocycles. The molecule has 3 rings (SSSR count). The van der Waals surface area contributed by atoms with Crippen molar-refractivity contribution in [2.45, 2.75) is 15.2 Å². The van der Waals surface area contributed by atoms with E-state index in [1.165, 1.54) is 55.6 Å². The van der Waals surface area contributed by atoms with Crippen LogP contribution in [0.15, 0.2) is 94.7 Å². The second kappa shape index (κ2) is 9.18. The average molecular weight is 466 g/mol. The van der Waals surface area contributed by atoms with Crippen LogP contribution in [0, 0.1) is 0 Å². The Labute approximate surface area is 181 Å². The minimum Gasteiger partial charge on any atom is -0.497 e. The van der Waals surface area contributed by atoms with Gasteiger partial charge >= 0.3 is 0 Å². The predicted octanol–water partition coefficient (Wildman–Crippen LogP) is 4.05. The molecule has 0 amide bonds. The highest BCUT2D eigenvalue weighted by atomic mass is 35.5. The van der Waals surface area contributed by atoms with Crippen LogP contribution in [0.1, 0.15) is 10.9 Å². The summed E-state index contributed by atoms with van der Waals surface area (Å²) in [5.41, 5.74) is 0.535. The average Bonchev–Trinajstić information content (AvgIpc) is 2.78. The van der Waals surface area contributed by atoms with E-state index in [0.717, 1.165) is 0 Å². The second-order valence-electron chi connectivity index (χ2n) is 6.34. The summed E-state index contributed by atoms with van der Waals surface area (Å²) < 4.78 is 58.9. The van der Waals surface area contributed by atoms with Gasteiger partial charge in [0.05, 0.1) is 28.8 Å². The smallest absolute Gasteiger partial charge is 0.256 e. The highest BCUT2D eigenvalue weighted by molar-refractivity contribution is 8.04. The van der Waals surface area contributed by atoms with E-state index in [1.807, 2.05) is 0 Å². The van der Waals surface area contributed by atoms with Crippen molar-refractivity contribution in [2.75, 3.05) is 13.7 Å². The third-order valence-electron chi connectivity index (χ3n) is 4.38. The van der Waals surface area contributed by atoms with E-state index in [4.69, 9.17) is 16.3 Å². The lowest BCUT2D eigenvalue weighted by Crippen LogP contribution is -2.39. The summed E-state index contributed by atoms with van der Waals surface area (Å²) in [4.78, 5) is -0.280. The summed E-state index contributed by atoms with van der Waals surface area (Å²) in [5.74, 6) is 0.529. The number of methoxy groups -OCH3 is 1. The zero-order valence-corrected chi connectivity index (χ0v) is 18.4. The molecule has 1 unspecified atom stereocenters. The van der Waals surface area contributed by atoms with Crippen molar-refractivity contribution in [2.24, 2.45) is 0 Å². The fourth-order valence-electron chi connectivity index (χ4n) is 2.82. The molecule has 1 atom stereocenters. The molecule has 158 valence electrons. The van der Waals surface area contributed by atoms with Crippen LogP contribution in [0.2, 0.25) is 0 Å². The Hall–Kier alpha value is -2.39. The molecule has 30 heavy (non-hydrogen) atoms. The highest BCUT2D eigenvalue weighted by Crippen LogP contribution is 2.31. The molecule has 0 fully saturated rings. The number of hydrogen-bond donors (Lipinski definition) is 0. The van der Waals surface area contributed by atoms with Gasteiger partial charge in [-0.15, -0.1) is 11.6 Å². The molecular formula is C21H20ClNO5S2. The molecule has 0 spiro atoms. The van der Waals surface area contributed by atoms with Gasteiger partial charge in [0.1, 0.15) is 5.75 Å². The minimum absolute atomic E-state index is 0.140. The lowest BCUT2D eigenvalue weighted by atomic mass is 10.1. The van der Waals surface area contributed by atoms with Crippen molar-refractivity contribution in [1.29, 1.82) is 0 Å². The SMILES string of the molecule is COc1cccc(C(Cl)CN(S(=O)(=O)c2ccccc2)S(=O)(=O)c2ccccc2)c1. The number of hydrogen-bond acceptors (Lipinski definition) is 5. The van der Waals surface area contributed by atoms with Gasteiger partial charge in [-0.25, -0.2) is 16.8 Å². The fourth-order valence-corrected chi connectivity index (χ4v) is 6.97. The van der Waals surface area contributed by atoms with Crippen LogP contribution in [0.3, 0.4) is 0 Å². The molecule has 6 nitrogen and oxygen atoms in total. The molecule has 0 N–H and O–H groups in total. The number of ether oxygens (including phenoxy) is 1. The molecule has 3 aromatic carbocycles. The van der Waals surface area contributed by atoms with Crippen LogP contribution in [0.25, 0.3) is 0 Å². The molecule has 3 aromatic rings. The van der Waals surface area contributed by atoms with Gasteiger partial charge in [0.2, 0.25) is 0 Å². The number of sulfonamides is 2. The number of rotatable bonds is 8. The molecule has 0 saturated carbocycles. The van der Waals surface area contributed by atoms with E-state index >= 15 is 0 Å². The van der Waals surface area contributed by atoms with Gasteiger partial charge in [-0.1, -0.05) is 52.2 Å². The van der Waals surface area contributed by atoms with E-state index in [2.05, 4.69) is 0 Å². The first-order chi connectivity index (χ1) is 14.3. The van der Waals surface area contributed by atoms with E-state index in [9.17, 15) is 16.8 Å². The first-order valence-corrected chi connectivity index (χ1v) is 12.2. The van der Waals surface area contributed by atoms with Gasteiger partial charge in [-0.2, -0.15) is 0 Å². The first-order valence-electron chi connectivity index (χ1n) is 8.93. The van der Waals surface area contributed by atoms with Crippen LogP contribution in [0.4, 0.5) is 0 Å². The maximum absolute atomic E-state index is 13.3. The third kappa shape index (κ3) is 4.67. The summed E-state index contributed by atoms with van der Waals surface area (Å²) >= 11 is 6.49. The largest absolute Gasteiger partial charge is 0.497 e. The second-order valence-corrected chi connectivity index (χ2v) is 10.8.